The summed E-state index contributed by atoms with van der Waals surface area (Å²) in [4.78, 5) is 0. The van der Waals surface area contributed by atoms with Crippen LogP contribution in [0.5, 0.6) is 0 Å². The summed E-state index contributed by atoms with van der Waals surface area (Å²) in [5.41, 5.74) is 1.97. The fourth-order valence-electron chi connectivity index (χ4n) is 2.03. The van der Waals surface area contributed by atoms with Crippen molar-refractivity contribution >= 4 is 0 Å². The predicted molar refractivity (Wildman–Crippen MR) is 72.9 cm³/mol. The largest absolute Gasteiger partial charge is 0.382 e. The first-order valence-corrected chi connectivity index (χ1v) is 6.47. The second-order valence-corrected chi connectivity index (χ2v) is 4.78. The lowest BCUT2D eigenvalue weighted by Gasteiger charge is -2.17. The summed E-state index contributed by atoms with van der Waals surface area (Å²) in [5.74, 6) is -0.221. The van der Waals surface area contributed by atoms with Gasteiger partial charge in [0.05, 0.1) is 0 Å². The van der Waals surface area contributed by atoms with Gasteiger partial charge in [-0.2, -0.15) is 0 Å². The van der Waals surface area contributed by atoms with Gasteiger partial charge in [0, 0.05) is 5.56 Å². The van der Waals surface area contributed by atoms with Crippen molar-refractivity contribution in [2.24, 2.45) is 0 Å². The average molecular weight is 260 g/mol. The van der Waals surface area contributed by atoms with Crippen LogP contribution in [0.1, 0.15) is 24.2 Å². The van der Waals surface area contributed by atoms with Gasteiger partial charge in [-0.05, 0) is 24.6 Å². The molecule has 3 N–H and O–H groups in total. The molecule has 0 saturated heterocycles. The van der Waals surface area contributed by atoms with Crippen LogP contribution in [0.2, 0.25) is 0 Å². The van der Waals surface area contributed by atoms with E-state index in [4.69, 9.17) is 0 Å². The Morgan fingerprint density at radius 2 is 1.68 bits per heavy atom. The van der Waals surface area contributed by atoms with Gasteiger partial charge in [-0.15, -0.1) is 0 Å². The zero-order valence-electron chi connectivity index (χ0n) is 11.0. The SMILES string of the molecule is C[C@H]([NH2+]Cc1ccc(F)cc1)[C@H](O)c1ccccc1. The Morgan fingerprint density at radius 3 is 2.32 bits per heavy atom. The molecule has 0 aromatic heterocycles. The smallest absolute Gasteiger partial charge is 0.130 e. The molecule has 0 radical (unpaired) electrons. The van der Waals surface area contributed by atoms with Crippen LogP contribution < -0.4 is 5.32 Å². The molecule has 0 bridgehead atoms. The number of halogens is 1. The van der Waals surface area contributed by atoms with Gasteiger partial charge in [0.1, 0.15) is 24.5 Å². The van der Waals surface area contributed by atoms with Crippen LogP contribution in [0.3, 0.4) is 0 Å². The van der Waals surface area contributed by atoms with Crippen molar-refractivity contribution in [3.63, 3.8) is 0 Å². The van der Waals surface area contributed by atoms with Gasteiger partial charge in [0.2, 0.25) is 0 Å². The minimum atomic E-state index is -0.498. The van der Waals surface area contributed by atoms with Crippen molar-refractivity contribution in [3.05, 3.63) is 71.5 Å². The zero-order valence-corrected chi connectivity index (χ0v) is 11.0. The Kier molecular flexibility index (Phi) is 4.66. The van der Waals surface area contributed by atoms with E-state index in [9.17, 15) is 9.50 Å². The molecule has 0 aliphatic carbocycles. The maximum absolute atomic E-state index is 12.8. The maximum Gasteiger partial charge on any atom is 0.130 e. The van der Waals surface area contributed by atoms with Crippen molar-refractivity contribution in [2.45, 2.75) is 25.6 Å². The lowest BCUT2D eigenvalue weighted by atomic mass is 10.0. The third-order valence-corrected chi connectivity index (χ3v) is 3.28. The Bertz CT molecular complexity index is 498. The van der Waals surface area contributed by atoms with Crippen molar-refractivity contribution in [1.29, 1.82) is 0 Å². The quantitative estimate of drug-likeness (QED) is 0.848. The predicted octanol–water partition coefficient (Wildman–Crippen LogP) is 2.01. The molecule has 100 valence electrons. The third kappa shape index (κ3) is 3.88. The molecule has 0 amide bonds. The molecule has 2 rings (SSSR count). The third-order valence-electron chi connectivity index (χ3n) is 3.28. The molecule has 2 nitrogen and oxygen atoms in total. The lowest BCUT2D eigenvalue weighted by Crippen LogP contribution is -2.88. The molecular formula is C16H19FNO+. The number of aliphatic hydroxyl groups excluding tert-OH is 1. The molecule has 0 saturated carbocycles. The molecule has 0 fully saturated rings. The number of hydrogen-bond acceptors (Lipinski definition) is 1. The molecule has 0 unspecified atom stereocenters. The van der Waals surface area contributed by atoms with Crippen LogP contribution in [0.15, 0.2) is 54.6 Å². The number of benzene rings is 2. The molecule has 2 aromatic rings. The summed E-state index contributed by atoms with van der Waals surface area (Å²) in [6, 6.07) is 16.1. The minimum absolute atomic E-state index is 0.0486. The number of aliphatic hydroxyl groups is 1. The summed E-state index contributed by atoms with van der Waals surface area (Å²) in [7, 11) is 0. The van der Waals surface area contributed by atoms with E-state index in [0.717, 1.165) is 17.7 Å². The summed E-state index contributed by atoms with van der Waals surface area (Å²) in [6.45, 7) is 2.71. The van der Waals surface area contributed by atoms with Crippen LogP contribution >= 0.6 is 0 Å². The number of quaternary nitrogens is 1. The first kappa shape index (κ1) is 13.7. The summed E-state index contributed by atoms with van der Waals surface area (Å²) >= 11 is 0. The molecule has 0 spiro atoms. The molecular weight excluding hydrogens is 241 g/mol. The van der Waals surface area contributed by atoms with E-state index in [1.54, 1.807) is 12.1 Å². The Hall–Kier alpha value is -1.71. The molecule has 19 heavy (non-hydrogen) atoms. The van der Waals surface area contributed by atoms with E-state index in [1.807, 2.05) is 37.3 Å². The van der Waals surface area contributed by atoms with Gasteiger partial charge in [-0.3, -0.25) is 0 Å². The summed E-state index contributed by atoms with van der Waals surface area (Å²) in [6.07, 6.45) is -0.498. The van der Waals surface area contributed by atoms with E-state index in [0.29, 0.717) is 0 Å². The van der Waals surface area contributed by atoms with Crippen molar-refractivity contribution in [1.82, 2.24) is 0 Å². The van der Waals surface area contributed by atoms with Gasteiger partial charge in [-0.1, -0.05) is 42.5 Å². The van der Waals surface area contributed by atoms with Crippen LogP contribution in [0.25, 0.3) is 0 Å². The minimum Gasteiger partial charge on any atom is -0.382 e. The summed E-state index contributed by atoms with van der Waals surface area (Å²) in [5, 5.41) is 12.3. The number of rotatable bonds is 5. The van der Waals surface area contributed by atoms with Gasteiger partial charge in [0.15, 0.2) is 0 Å². The first-order chi connectivity index (χ1) is 9.16. The first-order valence-electron chi connectivity index (χ1n) is 6.47. The van der Waals surface area contributed by atoms with Crippen molar-refractivity contribution in [3.8, 4) is 0 Å². The van der Waals surface area contributed by atoms with Crippen LogP contribution in [0.4, 0.5) is 4.39 Å². The summed E-state index contributed by atoms with van der Waals surface area (Å²) < 4.78 is 12.8. The highest BCUT2D eigenvalue weighted by molar-refractivity contribution is 5.18. The molecule has 0 aliphatic heterocycles. The van der Waals surface area contributed by atoms with Gasteiger partial charge in [-0.25, -0.2) is 4.39 Å². The van der Waals surface area contributed by atoms with Crippen LogP contribution in [-0.2, 0) is 6.54 Å². The van der Waals surface area contributed by atoms with Gasteiger partial charge >= 0.3 is 0 Å². The highest BCUT2D eigenvalue weighted by Crippen LogP contribution is 2.13. The van der Waals surface area contributed by atoms with Gasteiger partial charge in [0.25, 0.3) is 0 Å². The number of nitrogens with two attached hydrogens (primary N) is 1. The fourth-order valence-corrected chi connectivity index (χ4v) is 2.03. The fraction of sp³-hybridized carbons (Fsp3) is 0.250. The highest BCUT2D eigenvalue weighted by Gasteiger charge is 2.18. The molecule has 2 atom stereocenters. The standard InChI is InChI=1S/C16H18FNO/c1-12(16(19)14-5-3-2-4-6-14)18-11-13-7-9-15(17)10-8-13/h2-10,12,16,18-19H,11H2,1H3/p+1/t12-,16-/m0/s1. The van der Waals surface area contributed by atoms with E-state index in [1.165, 1.54) is 12.1 Å². The van der Waals surface area contributed by atoms with E-state index in [2.05, 4.69) is 5.32 Å². The van der Waals surface area contributed by atoms with E-state index >= 15 is 0 Å². The van der Waals surface area contributed by atoms with Crippen molar-refractivity contribution < 1.29 is 14.8 Å². The normalized spacial score (nSPS) is 14.1. The molecule has 2 aromatic carbocycles. The van der Waals surface area contributed by atoms with Crippen molar-refractivity contribution in [2.75, 3.05) is 0 Å². The van der Waals surface area contributed by atoms with Crippen LogP contribution in [0, 0.1) is 5.82 Å². The lowest BCUT2D eigenvalue weighted by molar-refractivity contribution is -0.709. The van der Waals surface area contributed by atoms with Crippen LogP contribution in [-0.4, -0.2) is 11.1 Å². The maximum atomic E-state index is 12.8. The average Bonchev–Trinajstić information content (AvgIpc) is 2.46. The highest BCUT2D eigenvalue weighted by atomic mass is 19.1. The second-order valence-electron chi connectivity index (χ2n) is 4.78. The topological polar surface area (TPSA) is 36.8 Å². The second kappa shape index (κ2) is 6.45. The Labute approximate surface area is 112 Å². The monoisotopic (exact) mass is 260 g/mol. The Balaban J connectivity index is 1.90. The molecule has 3 heteroatoms. The molecule has 0 aliphatic rings. The zero-order chi connectivity index (χ0) is 13.7. The Morgan fingerprint density at radius 1 is 1.05 bits per heavy atom. The van der Waals surface area contributed by atoms with Gasteiger partial charge < -0.3 is 10.4 Å². The van der Waals surface area contributed by atoms with E-state index < -0.39 is 6.10 Å². The number of hydrogen-bond donors (Lipinski definition) is 2. The van der Waals surface area contributed by atoms with E-state index in [-0.39, 0.29) is 11.9 Å². The molecule has 0 heterocycles.